The van der Waals surface area contributed by atoms with Gasteiger partial charge in [0.05, 0.1) is 6.10 Å². The molecule has 0 spiro atoms. The van der Waals surface area contributed by atoms with Crippen LogP contribution in [0.2, 0.25) is 0 Å². The minimum atomic E-state index is -0.327. The van der Waals surface area contributed by atoms with Crippen molar-refractivity contribution >= 4 is 0 Å². The Morgan fingerprint density at radius 3 is 2.68 bits per heavy atom. The smallest absolute Gasteiger partial charge is 0.137 e. The Hall–Kier alpha value is -1.80. The summed E-state index contributed by atoms with van der Waals surface area (Å²) in [5.41, 5.74) is 1.14. The van der Waals surface area contributed by atoms with Gasteiger partial charge < -0.3 is 10.0 Å². The minimum Gasteiger partial charge on any atom is -0.390 e. The number of rotatable bonds is 7. The number of aliphatic hydroxyl groups is 1. The topological polar surface area (TPSA) is 60.7 Å². The molecule has 3 rings (SSSR count). The van der Waals surface area contributed by atoms with Gasteiger partial charge in [0.25, 0.3) is 0 Å². The van der Waals surface area contributed by atoms with Gasteiger partial charge in [0.15, 0.2) is 0 Å². The first-order valence-electron chi connectivity index (χ1n) is 8.81. The van der Waals surface area contributed by atoms with Gasteiger partial charge in [-0.05, 0) is 25.7 Å². The van der Waals surface area contributed by atoms with Crippen LogP contribution in [0, 0.1) is 0 Å². The molecule has 1 aliphatic heterocycles. The fraction of sp³-hybridized carbons (Fsp3) is 0.556. The van der Waals surface area contributed by atoms with Gasteiger partial charge in [-0.15, -0.1) is 0 Å². The van der Waals surface area contributed by atoms with Crippen molar-refractivity contribution < 1.29 is 5.11 Å². The van der Waals surface area contributed by atoms with E-state index in [0.29, 0.717) is 6.54 Å². The molecular formula is C18H28N6O. The quantitative estimate of drug-likeness (QED) is 0.780. The molecule has 2 aromatic rings. The highest BCUT2D eigenvalue weighted by Gasteiger charge is 2.18. The van der Waals surface area contributed by atoms with Crippen molar-refractivity contribution in [3.63, 3.8) is 0 Å². The van der Waals surface area contributed by atoms with Crippen LogP contribution < -0.4 is 0 Å². The summed E-state index contributed by atoms with van der Waals surface area (Å²) in [5, 5.41) is 10.4. The van der Waals surface area contributed by atoms with Crippen LogP contribution in [0.4, 0.5) is 0 Å². The van der Waals surface area contributed by atoms with E-state index in [2.05, 4.69) is 37.8 Å². The molecule has 1 saturated heterocycles. The Balaban J connectivity index is 1.44. The van der Waals surface area contributed by atoms with E-state index in [1.165, 1.54) is 0 Å². The third-order valence-corrected chi connectivity index (χ3v) is 4.62. The molecule has 7 nitrogen and oxygen atoms in total. The Morgan fingerprint density at radius 1 is 1.24 bits per heavy atom. The molecule has 0 bridgehead atoms. The molecule has 0 saturated carbocycles. The Bertz CT molecular complexity index is 622. The van der Waals surface area contributed by atoms with Crippen LogP contribution in [0.3, 0.4) is 0 Å². The van der Waals surface area contributed by atoms with Gasteiger partial charge in [-0.25, -0.2) is 9.97 Å². The summed E-state index contributed by atoms with van der Waals surface area (Å²) in [7, 11) is 4.19. The van der Waals surface area contributed by atoms with Gasteiger partial charge in [-0.3, -0.25) is 14.4 Å². The number of aromatic nitrogens is 3. The number of hydrogen-bond donors (Lipinski definition) is 1. The summed E-state index contributed by atoms with van der Waals surface area (Å²) in [4.78, 5) is 15.3. The van der Waals surface area contributed by atoms with Crippen LogP contribution in [0.15, 0.2) is 37.1 Å². The zero-order valence-electron chi connectivity index (χ0n) is 15.1. The molecule has 2 aromatic heterocycles. The summed E-state index contributed by atoms with van der Waals surface area (Å²) in [6.45, 7) is 6.42. The molecule has 25 heavy (non-hydrogen) atoms. The second kappa shape index (κ2) is 8.53. The summed E-state index contributed by atoms with van der Waals surface area (Å²) < 4.78 is 1.88. The van der Waals surface area contributed by atoms with E-state index in [0.717, 1.165) is 50.6 Å². The first kappa shape index (κ1) is 18.0. The predicted octanol–water partition coefficient (Wildman–Crippen LogP) is 0.307. The molecule has 1 unspecified atom stereocenters. The van der Waals surface area contributed by atoms with Crippen LogP contribution in [0.25, 0.3) is 5.82 Å². The molecule has 3 heterocycles. The minimum absolute atomic E-state index is 0.327. The van der Waals surface area contributed by atoms with E-state index >= 15 is 0 Å². The van der Waals surface area contributed by atoms with Gasteiger partial charge in [0, 0.05) is 64.4 Å². The molecule has 1 atom stereocenters. The number of nitrogens with zero attached hydrogens (tertiary/aromatic N) is 6. The molecule has 1 aliphatic rings. The van der Waals surface area contributed by atoms with Crippen LogP contribution >= 0.6 is 0 Å². The van der Waals surface area contributed by atoms with Crippen LogP contribution in [-0.2, 0) is 6.54 Å². The van der Waals surface area contributed by atoms with Crippen LogP contribution in [-0.4, -0.2) is 93.8 Å². The third kappa shape index (κ3) is 5.34. The van der Waals surface area contributed by atoms with Crippen molar-refractivity contribution in [3.05, 3.63) is 42.6 Å². The standard InChI is InChI=1S/C18H28N6O/c1-21-7-9-23(10-8-21)14-17(25)13-22(2)12-16-3-4-18(20-11-16)24-6-5-19-15-24/h3-6,11,15,17,25H,7-10,12-14H2,1-2H3. The van der Waals surface area contributed by atoms with Crippen molar-refractivity contribution in [2.45, 2.75) is 12.6 Å². The second-order valence-electron chi connectivity index (χ2n) is 6.95. The van der Waals surface area contributed by atoms with E-state index in [9.17, 15) is 5.11 Å². The van der Waals surface area contributed by atoms with E-state index < -0.39 is 0 Å². The van der Waals surface area contributed by atoms with Crippen molar-refractivity contribution in [1.82, 2.24) is 29.2 Å². The van der Waals surface area contributed by atoms with E-state index in [4.69, 9.17) is 0 Å². The van der Waals surface area contributed by atoms with E-state index in [-0.39, 0.29) is 6.10 Å². The highest BCUT2D eigenvalue weighted by molar-refractivity contribution is 5.25. The highest BCUT2D eigenvalue weighted by atomic mass is 16.3. The summed E-state index contributed by atoms with van der Waals surface area (Å²) >= 11 is 0. The number of piperazine rings is 1. The van der Waals surface area contributed by atoms with Crippen molar-refractivity contribution in [3.8, 4) is 5.82 Å². The molecule has 7 heteroatoms. The largest absolute Gasteiger partial charge is 0.390 e. The Kier molecular flexibility index (Phi) is 6.14. The number of aliphatic hydroxyl groups excluding tert-OH is 1. The lowest BCUT2D eigenvalue weighted by Gasteiger charge is -2.34. The van der Waals surface area contributed by atoms with Crippen molar-refractivity contribution in [2.24, 2.45) is 0 Å². The number of pyridine rings is 1. The number of likely N-dealkylation sites (N-methyl/N-ethyl adjacent to an activating group) is 2. The van der Waals surface area contributed by atoms with E-state index in [1.807, 2.05) is 30.1 Å². The Morgan fingerprint density at radius 2 is 2.04 bits per heavy atom. The maximum Gasteiger partial charge on any atom is 0.137 e. The average Bonchev–Trinajstić information content (AvgIpc) is 3.12. The molecule has 0 aromatic carbocycles. The van der Waals surface area contributed by atoms with Gasteiger partial charge in [-0.1, -0.05) is 6.07 Å². The molecule has 1 fully saturated rings. The number of imidazole rings is 1. The maximum atomic E-state index is 10.4. The fourth-order valence-corrected chi connectivity index (χ4v) is 3.18. The summed E-state index contributed by atoms with van der Waals surface area (Å²) in [6.07, 6.45) is 6.92. The normalized spacial score (nSPS) is 17.9. The van der Waals surface area contributed by atoms with Gasteiger partial charge in [-0.2, -0.15) is 0 Å². The zero-order valence-corrected chi connectivity index (χ0v) is 15.1. The van der Waals surface area contributed by atoms with Crippen LogP contribution in [0.5, 0.6) is 0 Å². The summed E-state index contributed by atoms with van der Waals surface area (Å²) in [6, 6.07) is 4.07. The van der Waals surface area contributed by atoms with Crippen LogP contribution in [0.1, 0.15) is 5.56 Å². The fourth-order valence-electron chi connectivity index (χ4n) is 3.18. The molecule has 0 aliphatic carbocycles. The summed E-state index contributed by atoms with van der Waals surface area (Å²) in [5.74, 6) is 0.860. The van der Waals surface area contributed by atoms with Gasteiger partial charge in [0.1, 0.15) is 12.1 Å². The molecule has 1 N–H and O–H groups in total. The third-order valence-electron chi connectivity index (χ3n) is 4.62. The van der Waals surface area contributed by atoms with Crippen molar-refractivity contribution in [1.29, 1.82) is 0 Å². The molecular weight excluding hydrogens is 316 g/mol. The van der Waals surface area contributed by atoms with E-state index in [1.54, 1.807) is 12.5 Å². The molecule has 0 amide bonds. The first-order valence-corrected chi connectivity index (χ1v) is 8.81. The lowest BCUT2D eigenvalue weighted by atomic mass is 10.2. The second-order valence-corrected chi connectivity index (χ2v) is 6.95. The first-order chi connectivity index (χ1) is 12.1. The zero-order chi connectivity index (χ0) is 17.6. The van der Waals surface area contributed by atoms with Gasteiger partial charge in [0.2, 0.25) is 0 Å². The number of hydrogen-bond acceptors (Lipinski definition) is 6. The maximum absolute atomic E-state index is 10.4. The highest BCUT2D eigenvalue weighted by Crippen LogP contribution is 2.08. The number of β-amino-alcohol motifs (C(OH)–C–C–N with tert-alkyl or cyclic N) is 1. The average molecular weight is 344 g/mol. The predicted molar refractivity (Wildman–Crippen MR) is 97.6 cm³/mol. The lowest BCUT2D eigenvalue weighted by Crippen LogP contribution is -2.48. The Labute approximate surface area is 149 Å². The molecule has 136 valence electrons. The monoisotopic (exact) mass is 344 g/mol. The molecule has 0 radical (unpaired) electrons. The van der Waals surface area contributed by atoms with Crippen molar-refractivity contribution in [2.75, 3.05) is 53.4 Å². The lowest BCUT2D eigenvalue weighted by molar-refractivity contribution is 0.0593. The SMILES string of the molecule is CN1CCN(CC(O)CN(C)Cc2ccc(-n3ccnc3)nc2)CC1. The van der Waals surface area contributed by atoms with Gasteiger partial charge >= 0.3 is 0 Å².